The summed E-state index contributed by atoms with van der Waals surface area (Å²) < 4.78 is 0. The molecule has 0 heterocycles. The summed E-state index contributed by atoms with van der Waals surface area (Å²) in [6.07, 6.45) is 15.1. The van der Waals surface area contributed by atoms with Crippen LogP contribution in [0.5, 0.6) is 0 Å². The van der Waals surface area contributed by atoms with Gasteiger partial charge < -0.3 is 13.1 Å². The average molecular weight is 1110 g/mol. The molecule has 0 bridgehead atoms. The van der Waals surface area contributed by atoms with Crippen molar-refractivity contribution >= 4 is 58.3 Å². The Bertz CT molecular complexity index is 1110. The van der Waals surface area contributed by atoms with Crippen LogP contribution in [-0.2, 0) is 0 Å². The van der Waals surface area contributed by atoms with E-state index in [9.17, 15) is 0 Å². The van der Waals surface area contributed by atoms with E-state index in [-0.39, 0.29) is 73.7 Å². The molecule has 2 atom stereocenters. The molecular formula is C42H84Lu2P2Si4-2. The van der Waals surface area contributed by atoms with Gasteiger partial charge in [-0.05, 0) is 77.6 Å². The zero-order valence-electron chi connectivity index (χ0n) is 36.3. The first-order valence-electron chi connectivity index (χ1n) is 19.6. The van der Waals surface area contributed by atoms with Crippen LogP contribution in [0.15, 0.2) is 0 Å². The number of rotatable bonds is 6. The molecule has 2 aromatic carbocycles. The minimum Gasteiger partial charge on any atom is -0.342 e. The Morgan fingerprint density at radius 3 is 0.860 bits per heavy atom. The third-order valence-electron chi connectivity index (χ3n) is 10.8. The van der Waals surface area contributed by atoms with Crippen molar-refractivity contribution in [3.63, 3.8) is 0 Å². The fourth-order valence-corrected chi connectivity index (χ4v) is 29.9. The molecule has 4 rings (SSSR count). The maximum atomic E-state index is 3.91. The van der Waals surface area contributed by atoms with Crippen LogP contribution in [0, 0.1) is 142 Å². The molecular weight excluding hydrogens is 1030 g/mol. The summed E-state index contributed by atoms with van der Waals surface area (Å²) >= 11 is 0. The number of hydrogen-bond donors (Lipinski definition) is 0. The normalized spacial score (nSPS) is 16.6. The van der Waals surface area contributed by atoms with E-state index in [1.807, 2.05) is 10.4 Å². The molecule has 2 unspecified atom stereocenters. The Balaban J connectivity index is 0. The van der Waals surface area contributed by atoms with E-state index in [1.165, 1.54) is 64.2 Å². The van der Waals surface area contributed by atoms with Gasteiger partial charge in [0.15, 0.2) is 15.5 Å². The fourth-order valence-electron chi connectivity index (χ4n) is 8.32. The minimum atomic E-state index is -1.18. The summed E-state index contributed by atoms with van der Waals surface area (Å²) in [6, 6.07) is 0. The summed E-state index contributed by atoms with van der Waals surface area (Å²) in [4.78, 5) is 0. The standard InChI is InChI=1S/2C17H30PSi.2C4H11Si.2Lu/c2*1-12-13(2)15(4)17(14(12)3)19(5,6)18-16-10-8-7-9-11-16;2*1-5(2,3)4;;/h2*16,18H,7-11H2,1-6H3;2*1H2,2-4H3;;/q4*-1;;/p+2. The second kappa shape index (κ2) is 24.0. The monoisotopic (exact) mass is 1110 g/mol. The SMILES string of the molecule is Cc1c([Si](C)(C)[PH2+]C2CCCCC2)c(C)[c-](C)c1C.Cc1c([Si](C)(C)[PH2+]C2CCCCC2)c(C)[c-](C)c1C.[CH2-][Si](C)(C)C.[CH2-][Si](C)(C)C.[Lu].[Lu]. The van der Waals surface area contributed by atoms with Gasteiger partial charge in [-0.15, -0.1) is 16.1 Å². The van der Waals surface area contributed by atoms with E-state index < -0.39 is 31.6 Å². The third-order valence-corrected chi connectivity index (χ3v) is 28.3. The largest absolute Gasteiger partial charge is 0.342 e. The summed E-state index contributed by atoms with van der Waals surface area (Å²) in [5.41, 5.74) is 15.0. The van der Waals surface area contributed by atoms with Gasteiger partial charge in [0.05, 0.1) is 11.3 Å². The predicted octanol–water partition coefficient (Wildman–Crippen LogP) is 13.0. The third kappa shape index (κ3) is 19.4. The molecule has 0 amide bonds. The van der Waals surface area contributed by atoms with Gasteiger partial charge in [0, 0.05) is 73.7 Å². The van der Waals surface area contributed by atoms with E-state index in [0.29, 0.717) is 16.3 Å². The topological polar surface area (TPSA) is 0 Å². The second-order valence-corrected chi connectivity index (χ2v) is 50.8. The maximum Gasteiger partial charge on any atom is 0.182 e. The van der Waals surface area contributed by atoms with Crippen molar-refractivity contribution in [1.29, 1.82) is 0 Å². The molecule has 0 aliphatic heterocycles. The molecule has 2 saturated carbocycles. The van der Waals surface area contributed by atoms with E-state index in [4.69, 9.17) is 0 Å². The van der Waals surface area contributed by atoms with Gasteiger partial charge in [-0.25, -0.2) is 0 Å². The molecule has 0 N–H and O–H groups in total. The molecule has 0 saturated heterocycles. The van der Waals surface area contributed by atoms with Crippen molar-refractivity contribution in [1.82, 2.24) is 0 Å². The Hall–Kier alpha value is 2.90. The van der Waals surface area contributed by atoms with Gasteiger partial charge in [-0.3, -0.25) is 0 Å². The quantitative estimate of drug-likeness (QED) is 0.154. The molecule has 310 valence electrons. The van der Waals surface area contributed by atoms with E-state index in [1.54, 1.807) is 44.5 Å². The Labute approximate surface area is 381 Å². The smallest absolute Gasteiger partial charge is 0.182 e. The molecule has 8 heteroatoms. The first-order valence-corrected chi connectivity index (χ1v) is 38.0. The van der Waals surface area contributed by atoms with Crippen LogP contribution in [0.3, 0.4) is 0 Å². The van der Waals surface area contributed by atoms with Gasteiger partial charge in [0.1, 0.15) is 0 Å². The zero-order chi connectivity index (χ0) is 37.4. The Morgan fingerprint density at radius 1 is 0.460 bits per heavy atom. The van der Waals surface area contributed by atoms with E-state index in [2.05, 4.69) is 134 Å². The molecule has 2 aliphatic rings. The van der Waals surface area contributed by atoms with Gasteiger partial charge >= 0.3 is 0 Å². The van der Waals surface area contributed by atoms with Gasteiger partial charge in [0.2, 0.25) is 0 Å². The maximum absolute atomic E-state index is 3.91. The molecule has 50 heavy (non-hydrogen) atoms. The van der Waals surface area contributed by atoms with Crippen LogP contribution in [0.2, 0.25) is 65.5 Å². The molecule has 2 fully saturated rings. The van der Waals surface area contributed by atoms with Crippen molar-refractivity contribution < 1.29 is 73.7 Å². The van der Waals surface area contributed by atoms with Crippen LogP contribution in [0.25, 0.3) is 0 Å². The van der Waals surface area contributed by atoms with Gasteiger partial charge in [0.25, 0.3) is 0 Å². The number of hydrogen-bond acceptors (Lipinski definition) is 0. The molecule has 0 aromatic heterocycles. The predicted molar refractivity (Wildman–Crippen MR) is 247 cm³/mol. The molecule has 0 spiro atoms. The average Bonchev–Trinajstić information content (AvgIpc) is 3.26. The van der Waals surface area contributed by atoms with Crippen LogP contribution in [-0.4, -0.2) is 42.9 Å². The van der Waals surface area contributed by atoms with Crippen LogP contribution < -0.4 is 10.4 Å². The first-order chi connectivity index (χ1) is 21.7. The molecule has 2 aliphatic carbocycles. The van der Waals surface area contributed by atoms with E-state index in [0.717, 1.165) is 11.3 Å². The molecule has 2 radical (unpaired) electrons. The summed E-state index contributed by atoms with van der Waals surface area (Å²) in [5, 5.41) is 3.64. The van der Waals surface area contributed by atoms with Crippen molar-refractivity contribution in [3.8, 4) is 0 Å². The van der Waals surface area contributed by atoms with Crippen LogP contribution >= 0.6 is 16.3 Å². The summed E-state index contributed by atoms with van der Waals surface area (Å²) in [6.45, 7) is 50.5. The summed E-state index contributed by atoms with van der Waals surface area (Å²) in [5.74, 6) is 0. The second-order valence-electron chi connectivity index (χ2n) is 19.4. The molecule has 2 aromatic rings. The Morgan fingerprint density at radius 2 is 0.680 bits per heavy atom. The minimum absolute atomic E-state index is 0. The first kappa shape index (κ1) is 55.0. The van der Waals surface area contributed by atoms with Crippen LogP contribution in [0.4, 0.5) is 0 Å². The zero-order valence-corrected chi connectivity index (χ0v) is 45.9. The van der Waals surface area contributed by atoms with Gasteiger partial charge in [-0.2, -0.15) is 54.9 Å². The van der Waals surface area contributed by atoms with Crippen molar-refractivity contribution in [3.05, 3.63) is 57.6 Å². The Kier molecular flexibility index (Phi) is 26.4. The van der Waals surface area contributed by atoms with Gasteiger partial charge in [-0.1, -0.05) is 124 Å². The molecule has 0 nitrogen and oxygen atoms in total. The van der Waals surface area contributed by atoms with Crippen LogP contribution in [0.1, 0.15) is 109 Å². The fraction of sp³-hybridized carbons (Fsp3) is 0.714. The van der Waals surface area contributed by atoms with Crippen molar-refractivity contribution in [2.45, 2.75) is 196 Å². The summed E-state index contributed by atoms with van der Waals surface area (Å²) in [7, 11) is -2.77. The van der Waals surface area contributed by atoms with Crippen molar-refractivity contribution in [2.75, 3.05) is 0 Å². The van der Waals surface area contributed by atoms with Crippen molar-refractivity contribution in [2.24, 2.45) is 0 Å². The van der Waals surface area contributed by atoms with E-state index >= 15 is 0 Å².